The molecular formula is C17H26N8O. The maximum Gasteiger partial charge on any atom is 0.193 e. The Kier molecular flexibility index (Phi) is 4.62. The summed E-state index contributed by atoms with van der Waals surface area (Å²) in [7, 11) is 3.72. The number of aromatic nitrogens is 4. The molecule has 9 nitrogen and oxygen atoms in total. The monoisotopic (exact) mass is 358 g/mol. The number of hydrogen-bond donors (Lipinski definition) is 2. The van der Waals surface area contributed by atoms with Gasteiger partial charge < -0.3 is 20.3 Å². The Hall–Kier alpha value is -2.42. The van der Waals surface area contributed by atoms with Crippen molar-refractivity contribution >= 4 is 22.8 Å². The highest BCUT2D eigenvalue weighted by atomic mass is 16.5. The minimum Gasteiger partial charge on any atom is -0.381 e. The average molecular weight is 358 g/mol. The van der Waals surface area contributed by atoms with Gasteiger partial charge in [0.15, 0.2) is 11.6 Å². The number of anilines is 1. The van der Waals surface area contributed by atoms with Gasteiger partial charge in [0.05, 0.1) is 18.2 Å². The van der Waals surface area contributed by atoms with E-state index in [0.29, 0.717) is 5.41 Å². The molecule has 2 aliphatic rings. The van der Waals surface area contributed by atoms with Crippen molar-refractivity contribution < 1.29 is 4.74 Å². The van der Waals surface area contributed by atoms with Crippen molar-refractivity contribution in [2.24, 2.45) is 17.5 Å². The third-order valence-electron chi connectivity index (χ3n) is 5.36. The fraction of sp³-hybridized carbons (Fsp3) is 0.647. The van der Waals surface area contributed by atoms with Gasteiger partial charge >= 0.3 is 0 Å². The minimum atomic E-state index is 0.336. The van der Waals surface area contributed by atoms with Crippen LogP contribution in [0.3, 0.4) is 0 Å². The van der Waals surface area contributed by atoms with Crippen molar-refractivity contribution in [3.8, 4) is 0 Å². The highest BCUT2D eigenvalue weighted by Gasteiger charge is 2.42. The predicted molar refractivity (Wildman–Crippen MR) is 100 cm³/mol. The van der Waals surface area contributed by atoms with E-state index in [2.05, 4.69) is 35.6 Å². The number of fused-ring (bicyclic) bond motifs is 1. The van der Waals surface area contributed by atoms with Crippen LogP contribution < -0.4 is 10.6 Å². The number of aliphatic imine (C=N–C) groups is 1. The standard InChI is InChI=1S/C17H26N8O/c1-18-16(25-7-3-17(10-25)4-8-26-11-17)20-6-5-19-14-13-9-23-24(2)15(13)22-12-21-14/h9,12H,3-8,10-11H2,1-2H3,(H,18,20)(H,19,21,22). The third-order valence-corrected chi connectivity index (χ3v) is 5.36. The lowest BCUT2D eigenvalue weighted by Crippen LogP contribution is -2.43. The summed E-state index contributed by atoms with van der Waals surface area (Å²) in [4.78, 5) is 15.4. The molecule has 0 radical (unpaired) electrons. The van der Waals surface area contributed by atoms with Crippen molar-refractivity contribution in [2.45, 2.75) is 12.8 Å². The average Bonchev–Trinajstić information content (AvgIpc) is 3.38. The number of ether oxygens (including phenoxy) is 1. The van der Waals surface area contributed by atoms with E-state index in [1.807, 2.05) is 14.1 Å². The molecule has 2 fully saturated rings. The fourth-order valence-corrected chi connectivity index (χ4v) is 3.88. The van der Waals surface area contributed by atoms with Gasteiger partial charge in [-0.15, -0.1) is 0 Å². The number of nitrogens with zero attached hydrogens (tertiary/aromatic N) is 6. The van der Waals surface area contributed by atoms with E-state index in [-0.39, 0.29) is 0 Å². The Morgan fingerprint density at radius 2 is 2.27 bits per heavy atom. The predicted octanol–water partition coefficient (Wildman–Crippen LogP) is 0.463. The van der Waals surface area contributed by atoms with Gasteiger partial charge in [0.25, 0.3) is 0 Å². The number of likely N-dealkylation sites (tertiary alicyclic amines) is 1. The summed E-state index contributed by atoms with van der Waals surface area (Å²) >= 11 is 0. The molecule has 4 rings (SSSR count). The van der Waals surface area contributed by atoms with Gasteiger partial charge in [0.2, 0.25) is 0 Å². The Bertz CT molecular complexity index is 795. The van der Waals surface area contributed by atoms with Gasteiger partial charge in [-0.1, -0.05) is 0 Å². The molecule has 4 heterocycles. The first-order chi connectivity index (χ1) is 12.7. The van der Waals surface area contributed by atoms with E-state index >= 15 is 0 Å². The molecule has 0 amide bonds. The maximum absolute atomic E-state index is 5.61. The number of rotatable bonds is 4. The number of hydrogen-bond acceptors (Lipinski definition) is 6. The lowest BCUT2D eigenvalue weighted by atomic mass is 9.87. The topological polar surface area (TPSA) is 92.5 Å². The molecule has 2 aromatic rings. The minimum absolute atomic E-state index is 0.336. The van der Waals surface area contributed by atoms with E-state index in [1.165, 1.54) is 6.42 Å². The zero-order valence-electron chi connectivity index (χ0n) is 15.4. The molecule has 0 saturated carbocycles. The van der Waals surface area contributed by atoms with Crippen LogP contribution in [-0.4, -0.2) is 77.0 Å². The van der Waals surface area contributed by atoms with Gasteiger partial charge in [0, 0.05) is 52.3 Å². The zero-order valence-corrected chi connectivity index (χ0v) is 15.4. The lowest BCUT2D eigenvalue weighted by Gasteiger charge is -2.25. The van der Waals surface area contributed by atoms with Crippen molar-refractivity contribution in [1.82, 2.24) is 30.0 Å². The van der Waals surface area contributed by atoms with Gasteiger partial charge in [-0.3, -0.25) is 9.67 Å². The van der Waals surface area contributed by atoms with Crippen molar-refractivity contribution in [2.75, 3.05) is 51.8 Å². The van der Waals surface area contributed by atoms with Crippen LogP contribution >= 0.6 is 0 Å². The number of nitrogens with one attached hydrogen (secondary N) is 2. The number of aryl methyl sites for hydroxylation is 1. The molecule has 2 N–H and O–H groups in total. The molecule has 2 aromatic heterocycles. The van der Waals surface area contributed by atoms with Crippen LogP contribution in [0.2, 0.25) is 0 Å². The molecule has 140 valence electrons. The summed E-state index contributed by atoms with van der Waals surface area (Å²) < 4.78 is 7.36. The SMILES string of the molecule is CN=C(NCCNc1ncnc2c1cnn2C)N1CCC2(CCOC2)C1. The van der Waals surface area contributed by atoms with Gasteiger partial charge in [-0.05, 0) is 12.8 Å². The van der Waals surface area contributed by atoms with Crippen molar-refractivity contribution in [3.63, 3.8) is 0 Å². The van der Waals surface area contributed by atoms with E-state index in [0.717, 1.165) is 68.6 Å². The lowest BCUT2D eigenvalue weighted by molar-refractivity contribution is 0.156. The first kappa shape index (κ1) is 17.0. The quantitative estimate of drug-likeness (QED) is 0.466. The molecule has 1 spiro atoms. The molecule has 9 heteroatoms. The highest BCUT2D eigenvalue weighted by Crippen LogP contribution is 2.38. The Morgan fingerprint density at radius 3 is 3.08 bits per heavy atom. The second kappa shape index (κ2) is 7.06. The molecule has 0 aromatic carbocycles. The zero-order chi connectivity index (χ0) is 18.0. The molecule has 26 heavy (non-hydrogen) atoms. The summed E-state index contributed by atoms with van der Waals surface area (Å²) in [5.41, 5.74) is 1.16. The number of guanidine groups is 1. The summed E-state index contributed by atoms with van der Waals surface area (Å²) in [6, 6.07) is 0. The molecule has 0 aliphatic carbocycles. The van der Waals surface area contributed by atoms with Gasteiger partial charge in [0.1, 0.15) is 12.1 Å². The first-order valence-electron chi connectivity index (χ1n) is 9.11. The second-order valence-corrected chi connectivity index (χ2v) is 7.10. The van der Waals surface area contributed by atoms with E-state index in [1.54, 1.807) is 17.2 Å². The van der Waals surface area contributed by atoms with Crippen LogP contribution in [0.25, 0.3) is 11.0 Å². The van der Waals surface area contributed by atoms with Crippen molar-refractivity contribution in [1.29, 1.82) is 0 Å². The molecule has 1 atom stereocenters. The Morgan fingerprint density at radius 1 is 1.35 bits per heavy atom. The van der Waals surface area contributed by atoms with Gasteiger partial charge in [-0.2, -0.15) is 5.10 Å². The smallest absolute Gasteiger partial charge is 0.193 e. The summed E-state index contributed by atoms with van der Waals surface area (Å²) in [6.45, 7) is 5.35. The fourth-order valence-electron chi connectivity index (χ4n) is 3.88. The summed E-state index contributed by atoms with van der Waals surface area (Å²) in [5, 5.41) is 12.0. The molecule has 1 unspecified atom stereocenters. The third kappa shape index (κ3) is 3.18. The second-order valence-electron chi connectivity index (χ2n) is 7.10. The van der Waals surface area contributed by atoms with Gasteiger partial charge in [-0.25, -0.2) is 9.97 Å². The van der Waals surface area contributed by atoms with E-state index in [9.17, 15) is 0 Å². The van der Waals surface area contributed by atoms with Crippen LogP contribution in [0.1, 0.15) is 12.8 Å². The van der Waals surface area contributed by atoms with Crippen molar-refractivity contribution in [3.05, 3.63) is 12.5 Å². The largest absolute Gasteiger partial charge is 0.381 e. The molecule has 0 bridgehead atoms. The first-order valence-corrected chi connectivity index (χ1v) is 9.11. The molecular weight excluding hydrogens is 332 g/mol. The molecule has 2 saturated heterocycles. The van der Waals surface area contributed by atoms with Crippen LogP contribution in [0.4, 0.5) is 5.82 Å². The van der Waals surface area contributed by atoms with E-state index < -0.39 is 0 Å². The summed E-state index contributed by atoms with van der Waals surface area (Å²) in [6.07, 6.45) is 5.70. The normalized spacial score (nSPS) is 23.3. The van der Waals surface area contributed by atoms with Crippen LogP contribution in [0.5, 0.6) is 0 Å². The van der Waals surface area contributed by atoms with Crippen LogP contribution in [-0.2, 0) is 11.8 Å². The highest BCUT2D eigenvalue weighted by molar-refractivity contribution is 5.86. The molecule has 2 aliphatic heterocycles. The Labute approximate surface area is 152 Å². The summed E-state index contributed by atoms with van der Waals surface area (Å²) in [5.74, 6) is 1.77. The Balaban J connectivity index is 1.30. The van der Waals surface area contributed by atoms with E-state index in [4.69, 9.17) is 4.74 Å². The van der Waals surface area contributed by atoms with Crippen LogP contribution in [0, 0.1) is 5.41 Å². The maximum atomic E-state index is 5.61. The van der Waals surface area contributed by atoms with Crippen LogP contribution in [0.15, 0.2) is 17.5 Å².